The number of piperidine rings is 1. The highest BCUT2D eigenvalue weighted by molar-refractivity contribution is 5.94. The predicted molar refractivity (Wildman–Crippen MR) is 108 cm³/mol. The van der Waals surface area contributed by atoms with Gasteiger partial charge in [0.1, 0.15) is 0 Å². The van der Waals surface area contributed by atoms with Crippen molar-refractivity contribution in [2.75, 3.05) is 58.3 Å². The first-order chi connectivity index (χ1) is 13.0. The maximum atomic E-state index is 12.7. The number of carbonyl (C=O) groups excluding carboxylic acids is 2. The number of benzene rings is 1. The van der Waals surface area contributed by atoms with Gasteiger partial charge in [-0.2, -0.15) is 0 Å². The molecule has 3 rings (SSSR count). The summed E-state index contributed by atoms with van der Waals surface area (Å²) in [5, 5.41) is 0. The standard InChI is InChI=1S/C21H32N4O2/c1-17-6-4-5-11-25(17)20(26)16-23-12-14-24(15-13-23)21(27)18-7-9-19(10-8-18)22(2)3/h7-10,17H,4-6,11-16H2,1-3H3. The van der Waals surface area contributed by atoms with E-state index < -0.39 is 0 Å². The van der Waals surface area contributed by atoms with Crippen molar-refractivity contribution < 1.29 is 9.59 Å². The molecule has 1 unspecified atom stereocenters. The van der Waals surface area contributed by atoms with Gasteiger partial charge in [-0.05, 0) is 50.5 Å². The van der Waals surface area contributed by atoms with Gasteiger partial charge in [0.2, 0.25) is 5.91 Å². The number of hydrogen-bond acceptors (Lipinski definition) is 4. The van der Waals surface area contributed by atoms with Gasteiger partial charge in [-0.25, -0.2) is 0 Å². The molecule has 27 heavy (non-hydrogen) atoms. The molecule has 0 radical (unpaired) electrons. The van der Waals surface area contributed by atoms with Crippen LogP contribution in [0.25, 0.3) is 0 Å². The molecule has 2 amide bonds. The molecule has 2 aliphatic heterocycles. The maximum Gasteiger partial charge on any atom is 0.253 e. The van der Waals surface area contributed by atoms with Gasteiger partial charge in [0, 0.05) is 64.1 Å². The van der Waals surface area contributed by atoms with Crippen LogP contribution in [0.1, 0.15) is 36.5 Å². The minimum Gasteiger partial charge on any atom is -0.378 e. The number of likely N-dealkylation sites (tertiary alicyclic amines) is 1. The third-order valence-corrected chi connectivity index (χ3v) is 5.77. The molecule has 2 aliphatic rings. The Hall–Kier alpha value is -2.08. The first-order valence-electron chi connectivity index (χ1n) is 10.0. The molecule has 2 heterocycles. The van der Waals surface area contributed by atoms with Crippen LogP contribution in [0.4, 0.5) is 5.69 Å². The second-order valence-electron chi connectivity index (χ2n) is 7.94. The first kappa shape index (κ1) is 19.7. The Morgan fingerprint density at radius 1 is 1.00 bits per heavy atom. The highest BCUT2D eigenvalue weighted by Crippen LogP contribution is 2.18. The molecule has 1 aromatic carbocycles. The van der Waals surface area contributed by atoms with Crippen molar-refractivity contribution in [1.29, 1.82) is 0 Å². The Balaban J connectivity index is 1.49. The van der Waals surface area contributed by atoms with Crippen LogP contribution in [0, 0.1) is 0 Å². The van der Waals surface area contributed by atoms with Gasteiger partial charge in [-0.3, -0.25) is 14.5 Å². The number of hydrogen-bond donors (Lipinski definition) is 0. The van der Waals surface area contributed by atoms with E-state index in [1.165, 1.54) is 6.42 Å². The smallest absolute Gasteiger partial charge is 0.253 e. The lowest BCUT2D eigenvalue weighted by Gasteiger charge is -2.38. The molecule has 148 valence electrons. The SMILES string of the molecule is CC1CCCCN1C(=O)CN1CCN(C(=O)c2ccc(N(C)C)cc2)CC1. The molecule has 1 atom stereocenters. The van der Waals surface area contributed by atoms with Crippen LogP contribution in [0.5, 0.6) is 0 Å². The van der Waals surface area contributed by atoms with Crippen molar-refractivity contribution in [2.45, 2.75) is 32.2 Å². The van der Waals surface area contributed by atoms with Gasteiger partial charge in [-0.15, -0.1) is 0 Å². The zero-order chi connectivity index (χ0) is 19.4. The third-order valence-electron chi connectivity index (χ3n) is 5.77. The normalized spacial score (nSPS) is 21.2. The van der Waals surface area contributed by atoms with Crippen molar-refractivity contribution >= 4 is 17.5 Å². The number of carbonyl (C=O) groups is 2. The molecule has 0 spiro atoms. The molecule has 0 aromatic heterocycles. The van der Waals surface area contributed by atoms with E-state index in [4.69, 9.17) is 0 Å². The monoisotopic (exact) mass is 372 g/mol. The highest BCUT2D eigenvalue weighted by atomic mass is 16.2. The second kappa shape index (κ2) is 8.74. The summed E-state index contributed by atoms with van der Waals surface area (Å²) in [6, 6.07) is 8.10. The molecule has 2 fully saturated rings. The minimum absolute atomic E-state index is 0.0796. The molecule has 6 heteroatoms. The molecule has 1 aromatic rings. The molecular weight excluding hydrogens is 340 g/mol. The molecule has 0 bridgehead atoms. The summed E-state index contributed by atoms with van der Waals surface area (Å²) in [7, 11) is 3.98. The van der Waals surface area contributed by atoms with Crippen molar-refractivity contribution in [2.24, 2.45) is 0 Å². The molecule has 0 aliphatic carbocycles. The van der Waals surface area contributed by atoms with Gasteiger partial charge in [0.25, 0.3) is 5.91 Å². The van der Waals surface area contributed by atoms with E-state index in [1.54, 1.807) is 0 Å². The van der Waals surface area contributed by atoms with Crippen molar-refractivity contribution in [3.05, 3.63) is 29.8 Å². The van der Waals surface area contributed by atoms with E-state index in [2.05, 4.69) is 11.8 Å². The van der Waals surface area contributed by atoms with Crippen LogP contribution in [0.15, 0.2) is 24.3 Å². The Labute approximate surface area is 162 Å². The van der Waals surface area contributed by atoms with Gasteiger partial charge in [0.15, 0.2) is 0 Å². The van der Waals surface area contributed by atoms with Crippen molar-refractivity contribution in [3.63, 3.8) is 0 Å². The van der Waals surface area contributed by atoms with Crippen LogP contribution in [-0.4, -0.2) is 85.9 Å². The Morgan fingerprint density at radius 2 is 1.67 bits per heavy atom. The fraction of sp³-hybridized carbons (Fsp3) is 0.619. The fourth-order valence-electron chi connectivity index (χ4n) is 3.94. The first-order valence-corrected chi connectivity index (χ1v) is 10.0. The van der Waals surface area contributed by atoms with Crippen LogP contribution < -0.4 is 4.90 Å². The molecule has 0 saturated carbocycles. The van der Waals surface area contributed by atoms with Crippen LogP contribution >= 0.6 is 0 Å². The Kier molecular flexibility index (Phi) is 6.37. The van der Waals surface area contributed by atoms with Gasteiger partial charge in [-0.1, -0.05) is 0 Å². The number of nitrogens with zero attached hydrogens (tertiary/aromatic N) is 4. The Morgan fingerprint density at radius 3 is 2.26 bits per heavy atom. The summed E-state index contributed by atoms with van der Waals surface area (Å²) < 4.78 is 0. The zero-order valence-electron chi connectivity index (χ0n) is 16.9. The number of piperazine rings is 1. The van der Waals surface area contributed by atoms with E-state index in [1.807, 2.05) is 53.1 Å². The lowest BCUT2D eigenvalue weighted by atomic mass is 10.0. The van der Waals surface area contributed by atoms with E-state index in [9.17, 15) is 9.59 Å². The summed E-state index contributed by atoms with van der Waals surface area (Å²) in [6.07, 6.45) is 3.45. The summed E-state index contributed by atoms with van der Waals surface area (Å²) in [5.74, 6) is 0.317. The Bertz CT molecular complexity index is 651. The molecule has 6 nitrogen and oxygen atoms in total. The van der Waals surface area contributed by atoms with Gasteiger partial charge in [0.05, 0.1) is 6.54 Å². The van der Waals surface area contributed by atoms with Crippen LogP contribution in [0.3, 0.4) is 0 Å². The summed E-state index contributed by atoms with van der Waals surface area (Å²) in [5.41, 5.74) is 1.81. The third kappa shape index (κ3) is 4.80. The fourth-order valence-corrected chi connectivity index (χ4v) is 3.94. The number of anilines is 1. The number of amides is 2. The maximum absolute atomic E-state index is 12.7. The van der Waals surface area contributed by atoms with Crippen LogP contribution in [0.2, 0.25) is 0 Å². The van der Waals surface area contributed by atoms with E-state index in [-0.39, 0.29) is 11.8 Å². The lowest BCUT2D eigenvalue weighted by molar-refractivity contribution is -0.136. The van der Waals surface area contributed by atoms with Crippen LogP contribution in [-0.2, 0) is 4.79 Å². The lowest BCUT2D eigenvalue weighted by Crippen LogP contribution is -2.53. The van der Waals surface area contributed by atoms with Crippen molar-refractivity contribution in [1.82, 2.24) is 14.7 Å². The molecular formula is C21H32N4O2. The largest absolute Gasteiger partial charge is 0.378 e. The summed E-state index contributed by atoms with van der Waals surface area (Å²) >= 11 is 0. The highest BCUT2D eigenvalue weighted by Gasteiger charge is 2.27. The zero-order valence-corrected chi connectivity index (χ0v) is 16.9. The molecule has 2 saturated heterocycles. The van der Waals surface area contributed by atoms with E-state index in [0.29, 0.717) is 25.7 Å². The minimum atomic E-state index is 0.0796. The number of rotatable bonds is 4. The summed E-state index contributed by atoms with van der Waals surface area (Å²) in [6.45, 7) is 6.39. The average Bonchev–Trinajstić information content (AvgIpc) is 2.68. The van der Waals surface area contributed by atoms with Gasteiger partial charge < -0.3 is 14.7 Å². The quantitative estimate of drug-likeness (QED) is 0.810. The summed E-state index contributed by atoms with van der Waals surface area (Å²) in [4.78, 5) is 33.5. The van der Waals surface area contributed by atoms with E-state index in [0.717, 1.165) is 43.7 Å². The van der Waals surface area contributed by atoms with E-state index >= 15 is 0 Å². The molecule has 0 N–H and O–H groups in total. The second-order valence-corrected chi connectivity index (χ2v) is 7.94. The average molecular weight is 373 g/mol. The topological polar surface area (TPSA) is 47.1 Å². The predicted octanol–water partition coefficient (Wildman–Crippen LogP) is 1.91. The van der Waals surface area contributed by atoms with Crippen molar-refractivity contribution in [3.8, 4) is 0 Å². The van der Waals surface area contributed by atoms with Gasteiger partial charge >= 0.3 is 0 Å².